The highest BCUT2D eigenvalue weighted by molar-refractivity contribution is 4.93. The molecule has 115 valence electrons. The summed E-state index contributed by atoms with van der Waals surface area (Å²) >= 11 is 0. The molecular weight excluding hydrogens is 246 g/mol. The number of hydrogen-bond acceptors (Lipinski definition) is 3. The SMILES string of the molecule is [CH]=C(CCC)N1CCN(CC2CCN(CC)CC2)CC1. The van der Waals surface area contributed by atoms with Crippen molar-refractivity contribution in [2.45, 2.75) is 39.5 Å². The van der Waals surface area contributed by atoms with Crippen LogP contribution in [0.5, 0.6) is 0 Å². The lowest BCUT2D eigenvalue weighted by atomic mass is 9.96. The van der Waals surface area contributed by atoms with Gasteiger partial charge in [0.25, 0.3) is 0 Å². The molecule has 0 aromatic heterocycles. The van der Waals surface area contributed by atoms with Gasteiger partial charge in [0, 0.05) is 38.4 Å². The maximum Gasteiger partial charge on any atom is 0.0303 e. The number of nitrogens with zero attached hydrogens (tertiary/aromatic N) is 3. The maximum absolute atomic E-state index is 6.14. The smallest absolute Gasteiger partial charge is 0.0303 e. The second-order valence-corrected chi connectivity index (χ2v) is 6.41. The summed E-state index contributed by atoms with van der Waals surface area (Å²) in [5.41, 5.74) is 1.10. The van der Waals surface area contributed by atoms with E-state index in [1.54, 1.807) is 0 Å². The summed E-state index contributed by atoms with van der Waals surface area (Å²) in [4.78, 5) is 7.62. The topological polar surface area (TPSA) is 9.72 Å². The normalized spacial score (nSPS) is 23.2. The fourth-order valence-corrected chi connectivity index (χ4v) is 3.48. The van der Waals surface area contributed by atoms with Gasteiger partial charge in [-0.3, -0.25) is 4.90 Å². The van der Waals surface area contributed by atoms with E-state index in [-0.39, 0.29) is 0 Å². The first-order valence-corrected chi connectivity index (χ1v) is 8.53. The quantitative estimate of drug-likeness (QED) is 0.739. The highest BCUT2D eigenvalue weighted by atomic mass is 15.3. The van der Waals surface area contributed by atoms with Gasteiger partial charge in [-0.25, -0.2) is 0 Å². The van der Waals surface area contributed by atoms with E-state index in [0.717, 1.165) is 37.5 Å². The molecule has 2 rings (SSSR count). The molecule has 0 amide bonds. The van der Waals surface area contributed by atoms with Crippen LogP contribution in [-0.4, -0.2) is 67.1 Å². The first-order valence-electron chi connectivity index (χ1n) is 8.53. The van der Waals surface area contributed by atoms with Crippen LogP contribution in [0.3, 0.4) is 0 Å². The fraction of sp³-hybridized carbons (Fsp3) is 0.882. The Morgan fingerprint density at radius 1 is 0.950 bits per heavy atom. The van der Waals surface area contributed by atoms with Gasteiger partial charge in [-0.2, -0.15) is 0 Å². The molecule has 0 saturated carbocycles. The zero-order valence-electron chi connectivity index (χ0n) is 13.5. The number of hydrogen-bond donors (Lipinski definition) is 0. The zero-order valence-corrected chi connectivity index (χ0v) is 13.5. The molecule has 0 unspecified atom stereocenters. The van der Waals surface area contributed by atoms with Gasteiger partial charge >= 0.3 is 0 Å². The van der Waals surface area contributed by atoms with Gasteiger partial charge in [-0.05, 0) is 51.4 Å². The van der Waals surface area contributed by atoms with E-state index < -0.39 is 0 Å². The van der Waals surface area contributed by atoms with Gasteiger partial charge in [0.1, 0.15) is 0 Å². The third-order valence-corrected chi connectivity index (χ3v) is 4.96. The minimum absolute atomic E-state index is 0.918. The van der Waals surface area contributed by atoms with E-state index in [2.05, 4.69) is 28.5 Å². The maximum atomic E-state index is 6.14. The van der Waals surface area contributed by atoms with Crippen molar-refractivity contribution in [1.82, 2.24) is 14.7 Å². The van der Waals surface area contributed by atoms with Crippen LogP contribution in [0.2, 0.25) is 0 Å². The van der Waals surface area contributed by atoms with Crippen molar-refractivity contribution >= 4 is 0 Å². The van der Waals surface area contributed by atoms with E-state index in [0.29, 0.717) is 0 Å². The summed E-state index contributed by atoms with van der Waals surface area (Å²) in [6.07, 6.45) is 4.98. The summed E-state index contributed by atoms with van der Waals surface area (Å²) in [6, 6.07) is 0. The fourth-order valence-electron chi connectivity index (χ4n) is 3.48. The standard InChI is InChI=1S/C17H32N3/c1-4-6-16(3)20-13-11-19(12-14-20)15-17-7-9-18(5-2)10-8-17/h3,17H,4-15H2,1-2H3. The van der Waals surface area contributed by atoms with Gasteiger partial charge in [-0.1, -0.05) is 20.3 Å². The Balaban J connectivity index is 1.66. The number of allylic oxidation sites excluding steroid dienone is 1. The summed E-state index contributed by atoms with van der Waals surface area (Å²) in [7, 11) is 0. The summed E-state index contributed by atoms with van der Waals surface area (Å²) in [5, 5.41) is 0. The molecule has 0 aromatic carbocycles. The first-order chi connectivity index (χ1) is 9.72. The molecule has 0 spiro atoms. The second kappa shape index (κ2) is 8.04. The molecule has 0 atom stereocenters. The highest BCUT2D eigenvalue weighted by Gasteiger charge is 2.23. The van der Waals surface area contributed by atoms with Crippen LogP contribution in [0.25, 0.3) is 0 Å². The molecule has 3 heteroatoms. The molecular formula is C17H32N3. The highest BCUT2D eigenvalue weighted by Crippen LogP contribution is 2.20. The van der Waals surface area contributed by atoms with Gasteiger partial charge in [0.05, 0.1) is 0 Å². The molecule has 3 nitrogen and oxygen atoms in total. The van der Waals surface area contributed by atoms with Crippen LogP contribution in [0.15, 0.2) is 5.70 Å². The Kier molecular flexibility index (Phi) is 6.37. The first kappa shape index (κ1) is 15.8. The van der Waals surface area contributed by atoms with Crippen molar-refractivity contribution in [3.05, 3.63) is 12.3 Å². The molecule has 2 aliphatic heterocycles. The average molecular weight is 278 g/mol. The Morgan fingerprint density at radius 3 is 2.15 bits per heavy atom. The number of piperazine rings is 1. The molecule has 0 aliphatic carbocycles. The second-order valence-electron chi connectivity index (χ2n) is 6.41. The molecule has 2 heterocycles. The third kappa shape index (κ3) is 4.49. The van der Waals surface area contributed by atoms with Crippen LogP contribution < -0.4 is 0 Å². The summed E-state index contributed by atoms with van der Waals surface area (Å²) in [5.74, 6) is 0.918. The van der Waals surface area contributed by atoms with Crippen molar-refractivity contribution in [1.29, 1.82) is 0 Å². The summed E-state index contributed by atoms with van der Waals surface area (Å²) in [6.45, 7) is 20.4. The van der Waals surface area contributed by atoms with E-state index in [1.165, 1.54) is 52.1 Å². The Hall–Kier alpha value is -0.540. The van der Waals surface area contributed by atoms with Crippen LogP contribution in [0.4, 0.5) is 0 Å². The van der Waals surface area contributed by atoms with E-state index in [4.69, 9.17) is 6.58 Å². The predicted octanol–water partition coefficient (Wildman–Crippen LogP) is 2.45. The van der Waals surface area contributed by atoms with Crippen molar-refractivity contribution in [2.24, 2.45) is 5.92 Å². The van der Waals surface area contributed by atoms with Crippen molar-refractivity contribution in [2.75, 3.05) is 52.4 Å². The van der Waals surface area contributed by atoms with E-state index >= 15 is 0 Å². The molecule has 0 aromatic rings. The molecule has 0 N–H and O–H groups in total. The number of piperidine rings is 1. The molecule has 0 bridgehead atoms. The Labute approximate surface area is 125 Å². The predicted molar refractivity (Wildman–Crippen MR) is 85.6 cm³/mol. The van der Waals surface area contributed by atoms with Crippen LogP contribution >= 0.6 is 0 Å². The van der Waals surface area contributed by atoms with Gasteiger partial charge in [0.15, 0.2) is 0 Å². The Bertz CT molecular complexity index is 287. The minimum Gasteiger partial charge on any atom is -0.372 e. The Morgan fingerprint density at radius 2 is 1.60 bits per heavy atom. The van der Waals surface area contributed by atoms with Gasteiger partial charge in [-0.15, -0.1) is 0 Å². The lowest BCUT2D eigenvalue weighted by molar-refractivity contribution is 0.109. The monoisotopic (exact) mass is 278 g/mol. The third-order valence-electron chi connectivity index (χ3n) is 4.96. The lowest BCUT2D eigenvalue weighted by Crippen LogP contribution is -2.48. The summed E-state index contributed by atoms with van der Waals surface area (Å²) < 4.78 is 0. The zero-order chi connectivity index (χ0) is 14.4. The molecule has 2 saturated heterocycles. The van der Waals surface area contributed by atoms with Crippen molar-refractivity contribution in [3.8, 4) is 0 Å². The van der Waals surface area contributed by atoms with E-state index in [9.17, 15) is 0 Å². The molecule has 2 fully saturated rings. The van der Waals surface area contributed by atoms with Crippen molar-refractivity contribution in [3.63, 3.8) is 0 Å². The van der Waals surface area contributed by atoms with Gasteiger partial charge < -0.3 is 9.80 Å². The molecule has 1 radical (unpaired) electrons. The average Bonchev–Trinajstić information content (AvgIpc) is 2.49. The number of likely N-dealkylation sites (tertiary alicyclic amines) is 1. The van der Waals surface area contributed by atoms with Gasteiger partial charge in [0.2, 0.25) is 0 Å². The van der Waals surface area contributed by atoms with Crippen LogP contribution in [-0.2, 0) is 0 Å². The minimum atomic E-state index is 0.918. The number of rotatable bonds is 6. The molecule has 20 heavy (non-hydrogen) atoms. The molecule has 2 aliphatic rings. The van der Waals surface area contributed by atoms with Crippen molar-refractivity contribution < 1.29 is 0 Å². The largest absolute Gasteiger partial charge is 0.372 e. The van der Waals surface area contributed by atoms with Crippen LogP contribution in [0.1, 0.15) is 39.5 Å². The lowest BCUT2D eigenvalue weighted by Gasteiger charge is -2.40. The van der Waals surface area contributed by atoms with Crippen LogP contribution in [0, 0.1) is 12.5 Å². The van der Waals surface area contributed by atoms with E-state index in [1.807, 2.05) is 0 Å².